The van der Waals surface area contributed by atoms with Crippen LogP contribution in [0.2, 0.25) is 0 Å². The predicted octanol–water partition coefficient (Wildman–Crippen LogP) is 1.50. The summed E-state index contributed by atoms with van der Waals surface area (Å²) in [6.45, 7) is -0.144. The molecular weight excluding hydrogens is 264 g/mol. The van der Waals surface area contributed by atoms with Gasteiger partial charge in [0.25, 0.3) is 0 Å². The van der Waals surface area contributed by atoms with Crippen molar-refractivity contribution in [3.05, 3.63) is 35.9 Å². The van der Waals surface area contributed by atoms with Crippen molar-refractivity contribution in [3.63, 3.8) is 0 Å². The molecule has 2 bridgehead atoms. The van der Waals surface area contributed by atoms with Crippen molar-refractivity contribution in [1.29, 1.82) is 0 Å². The Balaban J connectivity index is 1.63. The van der Waals surface area contributed by atoms with Gasteiger partial charge in [0.1, 0.15) is 0 Å². The van der Waals surface area contributed by atoms with Crippen molar-refractivity contribution in [2.75, 3.05) is 13.7 Å². The Kier molecular flexibility index (Phi) is 4.27. The average Bonchev–Trinajstić information content (AvgIpc) is 2.72. The normalized spacial score (nSPS) is 30.1. The van der Waals surface area contributed by atoms with Crippen LogP contribution in [-0.4, -0.2) is 47.7 Å². The Labute approximate surface area is 126 Å². The number of benzene rings is 1. The van der Waals surface area contributed by atoms with E-state index in [1.807, 2.05) is 30.3 Å². The summed E-state index contributed by atoms with van der Waals surface area (Å²) < 4.78 is 0. The van der Waals surface area contributed by atoms with E-state index in [1.165, 1.54) is 12.8 Å². The van der Waals surface area contributed by atoms with E-state index in [0.717, 1.165) is 18.4 Å². The van der Waals surface area contributed by atoms with Gasteiger partial charge in [0.05, 0.1) is 12.5 Å². The Morgan fingerprint density at radius 3 is 2.48 bits per heavy atom. The van der Waals surface area contributed by atoms with Gasteiger partial charge >= 0.3 is 0 Å². The molecule has 0 aromatic heterocycles. The largest absolute Gasteiger partial charge is 0.395 e. The molecule has 1 aromatic rings. The Morgan fingerprint density at radius 2 is 1.90 bits per heavy atom. The number of fused-ring (bicyclic) bond motifs is 2. The predicted molar refractivity (Wildman–Crippen MR) is 82.0 cm³/mol. The van der Waals surface area contributed by atoms with E-state index in [2.05, 4.69) is 17.3 Å². The Bertz CT molecular complexity index is 477. The van der Waals surface area contributed by atoms with Gasteiger partial charge in [-0.25, -0.2) is 0 Å². The van der Waals surface area contributed by atoms with Crippen LogP contribution in [-0.2, 0) is 4.79 Å². The summed E-state index contributed by atoms with van der Waals surface area (Å²) in [7, 11) is 2.20. The number of hydrogen-bond acceptors (Lipinski definition) is 3. The third-order valence-electron chi connectivity index (χ3n) is 5.15. The molecule has 2 fully saturated rings. The van der Waals surface area contributed by atoms with Gasteiger partial charge in [0, 0.05) is 18.1 Å². The van der Waals surface area contributed by atoms with E-state index in [-0.39, 0.29) is 18.6 Å². The minimum absolute atomic E-state index is 0.0438. The molecule has 4 heteroatoms. The smallest absolute Gasteiger partial charge is 0.230 e. The van der Waals surface area contributed by atoms with Crippen molar-refractivity contribution in [3.8, 4) is 0 Å². The van der Waals surface area contributed by atoms with Crippen LogP contribution in [0.15, 0.2) is 30.3 Å². The molecule has 21 heavy (non-hydrogen) atoms. The fourth-order valence-corrected chi connectivity index (χ4v) is 3.86. The zero-order valence-corrected chi connectivity index (χ0v) is 12.5. The zero-order chi connectivity index (χ0) is 14.8. The number of nitrogens with one attached hydrogen (secondary N) is 1. The fraction of sp³-hybridized carbons (Fsp3) is 0.588. The second-order valence-electron chi connectivity index (χ2n) is 6.37. The molecule has 1 aromatic carbocycles. The summed E-state index contributed by atoms with van der Waals surface area (Å²) in [5.41, 5.74) is 0.883. The van der Waals surface area contributed by atoms with Crippen LogP contribution in [0, 0.1) is 0 Å². The monoisotopic (exact) mass is 288 g/mol. The van der Waals surface area contributed by atoms with Gasteiger partial charge in [-0.15, -0.1) is 0 Å². The zero-order valence-electron chi connectivity index (χ0n) is 12.5. The van der Waals surface area contributed by atoms with Gasteiger partial charge in [-0.05, 0) is 38.3 Å². The molecular formula is C17H24N2O2. The summed E-state index contributed by atoms with van der Waals surface area (Å²) in [6, 6.07) is 11.0. The van der Waals surface area contributed by atoms with Gasteiger partial charge in [0.2, 0.25) is 5.91 Å². The van der Waals surface area contributed by atoms with Crippen LogP contribution in [0.25, 0.3) is 0 Å². The number of amides is 1. The first-order chi connectivity index (χ1) is 10.2. The lowest BCUT2D eigenvalue weighted by atomic mass is 9.95. The number of carbonyl (C=O) groups is 1. The second kappa shape index (κ2) is 6.16. The van der Waals surface area contributed by atoms with Crippen molar-refractivity contribution < 1.29 is 9.90 Å². The first-order valence-corrected chi connectivity index (χ1v) is 7.87. The standard InChI is InChI=1S/C17H24N2O2/c1-19-14-7-8-15(19)10-13(9-14)18-17(21)16(11-20)12-5-3-2-4-6-12/h2-6,13-16,20H,7-11H2,1H3,(H,18,21)/t13?,14-,15+,16?. The SMILES string of the molecule is CN1[C@@H]2CC[C@H]1CC(NC(=O)C(CO)c1ccccc1)C2. The molecule has 3 rings (SSSR count). The van der Waals surface area contributed by atoms with Crippen LogP contribution in [0.4, 0.5) is 0 Å². The first kappa shape index (κ1) is 14.5. The molecule has 2 heterocycles. The number of piperidine rings is 1. The van der Waals surface area contributed by atoms with E-state index in [1.54, 1.807) is 0 Å². The van der Waals surface area contributed by atoms with Crippen molar-refractivity contribution in [2.24, 2.45) is 0 Å². The molecule has 2 saturated heterocycles. The van der Waals surface area contributed by atoms with Gasteiger partial charge < -0.3 is 15.3 Å². The number of aliphatic hydroxyl groups excluding tert-OH is 1. The number of nitrogens with zero attached hydrogens (tertiary/aromatic N) is 1. The molecule has 1 amide bonds. The molecule has 2 unspecified atom stereocenters. The van der Waals surface area contributed by atoms with Gasteiger partial charge in [-0.1, -0.05) is 30.3 Å². The molecule has 0 spiro atoms. The van der Waals surface area contributed by atoms with Crippen molar-refractivity contribution in [2.45, 2.75) is 49.7 Å². The average molecular weight is 288 g/mol. The van der Waals surface area contributed by atoms with Crippen LogP contribution >= 0.6 is 0 Å². The molecule has 2 N–H and O–H groups in total. The van der Waals surface area contributed by atoms with Gasteiger partial charge in [-0.2, -0.15) is 0 Å². The van der Waals surface area contributed by atoms with E-state index in [9.17, 15) is 9.90 Å². The van der Waals surface area contributed by atoms with E-state index in [0.29, 0.717) is 12.1 Å². The lowest BCUT2D eigenvalue weighted by Gasteiger charge is -2.37. The minimum atomic E-state index is -0.455. The first-order valence-electron chi connectivity index (χ1n) is 7.87. The number of carbonyl (C=O) groups excluding carboxylic acids is 1. The van der Waals surface area contributed by atoms with Crippen LogP contribution in [0.5, 0.6) is 0 Å². The highest BCUT2D eigenvalue weighted by atomic mass is 16.3. The molecule has 4 atom stereocenters. The Hall–Kier alpha value is -1.39. The lowest BCUT2D eigenvalue weighted by molar-refractivity contribution is -0.124. The maximum absolute atomic E-state index is 12.5. The molecule has 0 radical (unpaired) electrons. The quantitative estimate of drug-likeness (QED) is 0.883. The van der Waals surface area contributed by atoms with E-state index < -0.39 is 5.92 Å². The molecule has 0 saturated carbocycles. The maximum Gasteiger partial charge on any atom is 0.230 e. The van der Waals surface area contributed by atoms with Crippen molar-refractivity contribution >= 4 is 5.91 Å². The summed E-state index contributed by atoms with van der Waals surface area (Å²) in [5.74, 6) is -0.499. The number of hydrogen-bond donors (Lipinski definition) is 2. The number of rotatable bonds is 4. The summed E-state index contributed by atoms with van der Waals surface area (Å²) in [4.78, 5) is 14.9. The van der Waals surface area contributed by atoms with Crippen LogP contribution in [0.3, 0.4) is 0 Å². The second-order valence-corrected chi connectivity index (χ2v) is 6.37. The summed E-state index contributed by atoms with van der Waals surface area (Å²) in [5, 5.41) is 12.7. The fourth-order valence-electron chi connectivity index (χ4n) is 3.86. The highest BCUT2D eigenvalue weighted by molar-refractivity contribution is 5.84. The van der Waals surface area contributed by atoms with Gasteiger partial charge in [0.15, 0.2) is 0 Å². The third kappa shape index (κ3) is 2.97. The van der Waals surface area contributed by atoms with Crippen molar-refractivity contribution in [1.82, 2.24) is 10.2 Å². The Morgan fingerprint density at radius 1 is 1.29 bits per heavy atom. The molecule has 114 valence electrons. The van der Waals surface area contributed by atoms with E-state index >= 15 is 0 Å². The topological polar surface area (TPSA) is 52.6 Å². The minimum Gasteiger partial charge on any atom is -0.395 e. The van der Waals surface area contributed by atoms with Crippen LogP contribution in [0.1, 0.15) is 37.2 Å². The third-order valence-corrected chi connectivity index (χ3v) is 5.15. The maximum atomic E-state index is 12.5. The lowest BCUT2D eigenvalue weighted by Crippen LogP contribution is -2.49. The molecule has 0 aliphatic carbocycles. The molecule has 4 nitrogen and oxygen atoms in total. The number of aliphatic hydroxyl groups is 1. The van der Waals surface area contributed by atoms with E-state index in [4.69, 9.17) is 0 Å². The van der Waals surface area contributed by atoms with Crippen LogP contribution < -0.4 is 5.32 Å². The highest BCUT2D eigenvalue weighted by Crippen LogP contribution is 2.34. The van der Waals surface area contributed by atoms with Gasteiger partial charge in [-0.3, -0.25) is 4.79 Å². The molecule has 2 aliphatic heterocycles. The summed E-state index contributed by atoms with van der Waals surface area (Å²) in [6.07, 6.45) is 4.56. The highest BCUT2D eigenvalue weighted by Gasteiger charge is 2.39. The molecule has 2 aliphatic rings. The summed E-state index contributed by atoms with van der Waals surface area (Å²) >= 11 is 0.